The smallest absolute Gasteiger partial charge is 0.337 e. The quantitative estimate of drug-likeness (QED) is 0.825. The molecule has 3 rings (SSSR count). The second-order valence-corrected chi connectivity index (χ2v) is 5.35. The Labute approximate surface area is 122 Å². The molecule has 2 aliphatic rings. The molecule has 1 aliphatic carbocycles. The molecule has 2 fully saturated rings. The van der Waals surface area contributed by atoms with Crippen LogP contribution in [0.1, 0.15) is 32.6 Å². The van der Waals surface area contributed by atoms with Gasteiger partial charge in [-0.05, 0) is 32.6 Å². The molecule has 0 bridgehead atoms. The van der Waals surface area contributed by atoms with Crippen LogP contribution in [0.4, 0.5) is 5.95 Å². The molecule has 1 saturated heterocycles. The SMILES string of the molecule is CCOc1n[nH]c(NC(=O)C2CCCN2C(=O)C2CC2)n1. The third kappa shape index (κ3) is 2.98. The fourth-order valence-corrected chi connectivity index (χ4v) is 2.56. The Morgan fingerprint density at radius 1 is 1.43 bits per heavy atom. The van der Waals surface area contributed by atoms with Gasteiger partial charge in [-0.3, -0.25) is 14.9 Å². The third-order valence-electron chi connectivity index (χ3n) is 3.75. The first-order valence-corrected chi connectivity index (χ1v) is 7.35. The molecule has 2 heterocycles. The molecular formula is C13H19N5O3. The minimum Gasteiger partial charge on any atom is -0.463 e. The van der Waals surface area contributed by atoms with E-state index in [9.17, 15) is 9.59 Å². The molecule has 0 spiro atoms. The summed E-state index contributed by atoms with van der Waals surface area (Å²) in [6.45, 7) is 2.94. The van der Waals surface area contributed by atoms with Crippen molar-refractivity contribution in [3.63, 3.8) is 0 Å². The van der Waals surface area contributed by atoms with Gasteiger partial charge in [0.15, 0.2) is 0 Å². The first-order chi connectivity index (χ1) is 10.2. The van der Waals surface area contributed by atoms with Gasteiger partial charge in [-0.1, -0.05) is 0 Å². The van der Waals surface area contributed by atoms with Crippen molar-refractivity contribution in [1.82, 2.24) is 20.1 Å². The molecule has 0 radical (unpaired) electrons. The average Bonchev–Trinajstić information content (AvgIpc) is 3.03. The molecule has 8 nitrogen and oxygen atoms in total. The summed E-state index contributed by atoms with van der Waals surface area (Å²) in [6.07, 6.45) is 3.45. The van der Waals surface area contributed by atoms with E-state index in [-0.39, 0.29) is 29.7 Å². The molecule has 0 aromatic carbocycles. The van der Waals surface area contributed by atoms with Crippen LogP contribution in [0.25, 0.3) is 0 Å². The highest BCUT2D eigenvalue weighted by Gasteiger charge is 2.41. The summed E-state index contributed by atoms with van der Waals surface area (Å²) < 4.78 is 5.12. The Kier molecular flexibility index (Phi) is 3.76. The standard InChI is InChI=1S/C13H19N5O3/c1-2-21-13-15-12(16-17-13)14-10(19)9-4-3-7-18(9)11(20)8-5-6-8/h8-9H,2-7H2,1H3,(H2,14,15,16,17,19). The molecule has 1 unspecified atom stereocenters. The number of aromatic nitrogens is 3. The molecular weight excluding hydrogens is 274 g/mol. The van der Waals surface area contributed by atoms with Gasteiger partial charge < -0.3 is 9.64 Å². The number of H-pyrrole nitrogens is 1. The Morgan fingerprint density at radius 3 is 2.95 bits per heavy atom. The highest BCUT2D eigenvalue weighted by atomic mass is 16.5. The van der Waals surface area contributed by atoms with Crippen LogP contribution >= 0.6 is 0 Å². The summed E-state index contributed by atoms with van der Waals surface area (Å²) in [7, 11) is 0. The molecule has 1 aromatic rings. The van der Waals surface area contributed by atoms with Gasteiger partial charge >= 0.3 is 6.01 Å². The molecule has 1 atom stereocenters. The van der Waals surface area contributed by atoms with Crippen LogP contribution in [-0.2, 0) is 9.59 Å². The summed E-state index contributed by atoms with van der Waals surface area (Å²) in [4.78, 5) is 30.2. The second kappa shape index (κ2) is 5.71. The summed E-state index contributed by atoms with van der Waals surface area (Å²) >= 11 is 0. The minimum atomic E-state index is -0.404. The summed E-state index contributed by atoms with van der Waals surface area (Å²) in [6, 6.07) is -0.205. The van der Waals surface area contributed by atoms with E-state index in [1.54, 1.807) is 4.90 Å². The van der Waals surface area contributed by atoms with Crippen LogP contribution in [-0.4, -0.2) is 51.1 Å². The number of nitrogens with zero attached hydrogens (tertiary/aromatic N) is 3. The number of ether oxygens (including phenoxy) is 1. The fraction of sp³-hybridized carbons (Fsp3) is 0.692. The maximum absolute atomic E-state index is 12.3. The highest BCUT2D eigenvalue weighted by Crippen LogP contribution is 2.33. The number of carbonyl (C=O) groups is 2. The maximum atomic E-state index is 12.3. The topological polar surface area (TPSA) is 100 Å². The lowest BCUT2D eigenvalue weighted by atomic mass is 10.2. The van der Waals surface area contributed by atoms with Crippen molar-refractivity contribution < 1.29 is 14.3 Å². The molecule has 21 heavy (non-hydrogen) atoms. The van der Waals surface area contributed by atoms with Crippen molar-refractivity contribution in [3.8, 4) is 6.01 Å². The van der Waals surface area contributed by atoms with Gasteiger partial charge in [0.1, 0.15) is 6.04 Å². The molecule has 114 valence electrons. The number of aromatic amines is 1. The van der Waals surface area contributed by atoms with Crippen LogP contribution in [0, 0.1) is 5.92 Å². The zero-order chi connectivity index (χ0) is 14.8. The molecule has 2 N–H and O–H groups in total. The minimum absolute atomic E-state index is 0.111. The van der Waals surface area contributed by atoms with Crippen LogP contribution < -0.4 is 10.1 Å². The van der Waals surface area contributed by atoms with E-state index in [1.807, 2.05) is 6.92 Å². The van der Waals surface area contributed by atoms with Gasteiger partial charge in [-0.2, -0.15) is 4.98 Å². The normalized spacial score (nSPS) is 21.4. The average molecular weight is 293 g/mol. The van der Waals surface area contributed by atoms with Crippen LogP contribution in [0.2, 0.25) is 0 Å². The number of hydrogen-bond acceptors (Lipinski definition) is 5. The van der Waals surface area contributed by atoms with Gasteiger partial charge in [-0.15, -0.1) is 5.10 Å². The van der Waals surface area contributed by atoms with Crippen molar-refractivity contribution in [2.24, 2.45) is 5.92 Å². The summed E-state index contributed by atoms with van der Waals surface area (Å²) in [5.41, 5.74) is 0. The number of carbonyl (C=O) groups excluding carboxylic acids is 2. The Bertz CT molecular complexity index is 540. The molecule has 8 heteroatoms. The second-order valence-electron chi connectivity index (χ2n) is 5.35. The lowest BCUT2D eigenvalue weighted by Gasteiger charge is -2.23. The first kappa shape index (κ1) is 13.8. The van der Waals surface area contributed by atoms with Gasteiger partial charge in [0, 0.05) is 12.5 Å². The largest absolute Gasteiger partial charge is 0.463 e. The van der Waals surface area contributed by atoms with E-state index in [4.69, 9.17) is 4.74 Å². The number of rotatable bonds is 5. The zero-order valence-corrected chi connectivity index (χ0v) is 12.0. The molecule has 1 aliphatic heterocycles. The van der Waals surface area contributed by atoms with Crippen molar-refractivity contribution in [1.29, 1.82) is 0 Å². The lowest BCUT2D eigenvalue weighted by Crippen LogP contribution is -2.44. The van der Waals surface area contributed by atoms with Crippen molar-refractivity contribution >= 4 is 17.8 Å². The molecule has 1 saturated carbocycles. The van der Waals surface area contributed by atoms with Crippen LogP contribution in [0.15, 0.2) is 0 Å². The molecule has 1 aromatic heterocycles. The van der Waals surface area contributed by atoms with E-state index in [0.717, 1.165) is 19.3 Å². The predicted molar refractivity (Wildman–Crippen MR) is 73.6 cm³/mol. The van der Waals surface area contributed by atoms with Gasteiger partial charge in [0.25, 0.3) is 0 Å². The molecule has 2 amide bonds. The van der Waals surface area contributed by atoms with Crippen molar-refractivity contribution in [2.75, 3.05) is 18.5 Å². The van der Waals surface area contributed by atoms with E-state index in [1.165, 1.54) is 0 Å². The number of anilines is 1. The van der Waals surface area contributed by atoms with Crippen molar-refractivity contribution in [3.05, 3.63) is 0 Å². The third-order valence-corrected chi connectivity index (χ3v) is 3.75. The lowest BCUT2D eigenvalue weighted by molar-refractivity contribution is -0.137. The fourth-order valence-electron chi connectivity index (χ4n) is 2.56. The van der Waals surface area contributed by atoms with E-state index >= 15 is 0 Å². The first-order valence-electron chi connectivity index (χ1n) is 7.35. The zero-order valence-electron chi connectivity index (χ0n) is 12.0. The number of likely N-dealkylation sites (tertiary alicyclic amines) is 1. The van der Waals surface area contributed by atoms with Gasteiger partial charge in [-0.25, -0.2) is 5.10 Å². The van der Waals surface area contributed by atoms with Crippen LogP contribution in [0.3, 0.4) is 0 Å². The Balaban J connectivity index is 1.61. The van der Waals surface area contributed by atoms with Crippen molar-refractivity contribution in [2.45, 2.75) is 38.6 Å². The van der Waals surface area contributed by atoms with E-state index < -0.39 is 6.04 Å². The number of nitrogens with one attached hydrogen (secondary N) is 2. The number of hydrogen-bond donors (Lipinski definition) is 2. The summed E-state index contributed by atoms with van der Waals surface area (Å²) in [5.74, 6) is 0.267. The Hall–Kier alpha value is -2.12. The summed E-state index contributed by atoms with van der Waals surface area (Å²) in [5, 5.41) is 9.09. The predicted octanol–water partition coefficient (Wildman–Crippen LogP) is 0.543. The monoisotopic (exact) mass is 293 g/mol. The van der Waals surface area contributed by atoms with E-state index in [0.29, 0.717) is 19.6 Å². The number of amides is 2. The Morgan fingerprint density at radius 2 is 2.24 bits per heavy atom. The highest BCUT2D eigenvalue weighted by molar-refractivity contribution is 5.97. The van der Waals surface area contributed by atoms with Gasteiger partial charge in [0.2, 0.25) is 17.8 Å². The maximum Gasteiger partial charge on any atom is 0.337 e. The van der Waals surface area contributed by atoms with E-state index in [2.05, 4.69) is 20.5 Å². The van der Waals surface area contributed by atoms with Gasteiger partial charge in [0.05, 0.1) is 6.61 Å². The van der Waals surface area contributed by atoms with Crippen LogP contribution in [0.5, 0.6) is 6.01 Å².